The van der Waals surface area contributed by atoms with Gasteiger partial charge in [0.1, 0.15) is 17.2 Å². The fraction of sp³-hybridized carbons (Fsp3) is 0.107. The van der Waals surface area contributed by atoms with E-state index in [0.29, 0.717) is 40.3 Å². The second-order valence-electron chi connectivity index (χ2n) is 8.05. The molecule has 11 heteroatoms. The van der Waals surface area contributed by atoms with Crippen LogP contribution in [0.3, 0.4) is 0 Å². The number of sulfonamides is 1. The summed E-state index contributed by atoms with van der Waals surface area (Å²) in [6.07, 6.45) is 0. The van der Waals surface area contributed by atoms with Gasteiger partial charge in [0.15, 0.2) is 12.4 Å². The first-order chi connectivity index (χ1) is 18.7. The Morgan fingerprint density at radius 1 is 0.821 bits per heavy atom. The Morgan fingerprint density at radius 3 is 2.23 bits per heavy atom. The molecular weight excluding hydrogens is 563 g/mol. The van der Waals surface area contributed by atoms with Crippen LogP contribution in [0.5, 0.6) is 23.0 Å². The van der Waals surface area contributed by atoms with E-state index in [1.165, 1.54) is 18.2 Å². The van der Waals surface area contributed by atoms with Crippen molar-refractivity contribution in [3.63, 3.8) is 0 Å². The monoisotopic (exact) mass is 586 g/mol. The quantitative estimate of drug-likeness (QED) is 0.196. The molecule has 2 N–H and O–H groups in total. The first kappa shape index (κ1) is 28.1. The van der Waals surface area contributed by atoms with E-state index in [1.54, 1.807) is 54.6 Å². The second kappa shape index (κ2) is 12.8. The Morgan fingerprint density at radius 2 is 1.54 bits per heavy atom. The zero-order chi connectivity index (χ0) is 27.8. The van der Waals surface area contributed by atoms with Gasteiger partial charge in [0.2, 0.25) is 0 Å². The second-order valence-corrected chi connectivity index (χ2v) is 10.6. The summed E-state index contributed by atoms with van der Waals surface area (Å²) in [6.45, 7) is 1.97. The predicted octanol–water partition coefficient (Wildman–Crippen LogP) is 7.00. The van der Waals surface area contributed by atoms with Crippen LogP contribution in [0.4, 0.5) is 11.4 Å². The lowest BCUT2D eigenvalue weighted by Crippen LogP contribution is -2.20. The summed E-state index contributed by atoms with van der Waals surface area (Å²) in [5.74, 6) is 1.25. The molecule has 0 aliphatic heterocycles. The highest BCUT2D eigenvalue weighted by atomic mass is 35.5. The molecule has 0 spiro atoms. The van der Waals surface area contributed by atoms with E-state index >= 15 is 0 Å². The van der Waals surface area contributed by atoms with Crippen LogP contribution in [0.15, 0.2) is 95.9 Å². The number of anilines is 2. The maximum absolute atomic E-state index is 12.8. The molecule has 0 heterocycles. The minimum Gasteiger partial charge on any atom is -0.494 e. The van der Waals surface area contributed by atoms with E-state index in [1.807, 2.05) is 25.1 Å². The van der Waals surface area contributed by atoms with Crippen LogP contribution in [0.25, 0.3) is 0 Å². The zero-order valence-electron chi connectivity index (χ0n) is 20.7. The van der Waals surface area contributed by atoms with Crippen LogP contribution in [0.1, 0.15) is 6.92 Å². The molecule has 0 unspecified atom stereocenters. The Bertz CT molecular complexity index is 1550. The van der Waals surface area contributed by atoms with Crippen LogP contribution in [0, 0.1) is 0 Å². The number of ether oxygens (including phenoxy) is 3. The highest BCUT2D eigenvalue weighted by Gasteiger charge is 2.18. The molecule has 0 saturated heterocycles. The van der Waals surface area contributed by atoms with Gasteiger partial charge in [0.05, 0.1) is 22.2 Å². The third kappa shape index (κ3) is 7.79. The lowest BCUT2D eigenvalue weighted by Gasteiger charge is -2.14. The van der Waals surface area contributed by atoms with Crippen LogP contribution < -0.4 is 24.2 Å². The van der Waals surface area contributed by atoms with E-state index in [4.69, 9.17) is 37.4 Å². The summed E-state index contributed by atoms with van der Waals surface area (Å²) in [4.78, 5) is 12.5. The predicted molar refractivity (Wildman–Crippen MR) is 152 cm³/mol. The minimum absolute atomic E-state index is 0.0215. The van der Waals surface area contributed by atoms with Crippen molar-refractivity contribution in [3.05, 3.63) is 101 Å². The van der Waals surface area contributed by atoms with Gasteiger partial charge in [0.25, 0.3) is 15.9 Å². The van der Waals surface area contributed by atoms with Crippen molar-refractivity contribution in [3.8, 4) is 23.0 Å². The van der Waals surface area contributed by atoms with E-state index in [0.717, 1.165) is 0 Å². The molecule has 202 valence electrons. The molecule has 8 nitrogen and oxygen atoms in total. The van der Waals surface area contributed by atoms with E-state index in [2.05, 4.69) is 10.0 Å². The highest BCUT2D eigenvalue weighted by Crippen LogP contribution is 2.32. The number of amides is 1. The molecule has 0 aliphatic carbocycles. The first-order valence-corrected chi connectivity index (χ1v) is 14.0. The van der Waals surface area contributed by atoms with Gasteiger partial charge in [-0.1, -0.05) is 41.4 Å². The number of para-hydroxylation sites is 1. The van der Waals surface area contributed by atoms with Gasteiger partial charge in [-0.05, 0) is 79.7 Å². The van der Waals surface area contributed by atoms with Crippen LogP contribution >= 0.6 is 23.2 Å². The van der Waals surface area contributed by atoms with Gasteiger partial charge in [-0.3, -0.25) is 9.52 Å². The number of nitrogens with one attached hydrogen (secondary N) is 2. The lowest BCUT2D eigenvalue weighted by atomic mass is 10.2. The average Bonchev–Trinajstić information content (AvgIpc) is 2.91. The van der Waals surface area contributed by atoms with Crippen LogP contribution in [0.2, 0.25) is 10.0 Å². The largest absolute Gasteiger partial charge is 0.494 e. The van der Waals surface area contributed by atoms with Crippen molar-refractivity contribution in [1.82, 2.24) is 0 Å². The molecule has 0 bridgehead atoms. The molecule has 4 aromatic carbocycles. The summed E-state index contributed by atoms with van der Waals surface area (Å²) in [6, 6.07) is 24.4. The third-order valence-corrected chi connectivity index (χ3v) is 7.09. The molecule has 0 aliphatic rings. The molecule has 0 radical (unpaired) electrons. The highest BCUT2D eigenvalue weighted by molar-refractivity contribution is 7.92. The summed E-state index contributed by atoms with van der Waals surface area (Å²) in [5.41, 5.74) is 0.719. The standard InChI is InChI=1S/C28H24Cl2N2O6S/c1-2-36-21-11-9-20(10-12-21)32-39(34,35)23-13-15-26(24(30)17-23)37-18-28(33)31-25-16-19(29)8-14-27(25)38-22-6-4-3-5-7-22/h3-17,32H,2,18H2,1H3,(H,31,33). The lowest BCUT2D eigenvalue weighted by molar-refractivity contribution is -0.118. The smallest absolute Gasteiger partial charge is 0.262 e. The fourth-order valence-corrected chi connectivity index (χ4v) is 4.96. The Labute approximate surface area is 236 Å². The maximum atomic E-state index is 12.8. The average molecular weight is 587 g/mol. The molecule has 0 saturated carbocycles. The number of rotatable bonds is 11. The van der Waals surface area contributed by atoms with E-state index in [-0.39, 0.29) is 15.7 Å². The molecule has 0 aromatic heterocycles. The number of hydrogen-bond acceptors (Lipinski definition) is 6. The van der Waals surface area contributed by atoms with Gasteiger partial charge in [-0.15, -0.1) is 0 Å². The number of carbonyl (C=O) groups excluding carboxylic acids is 1. The summed E-state index contributed by atoms with van der Waals surface area (Å²) < 4.78 is 44.8. The molecule has 4 aromatic rings. The van der Waals surface area contributed by atoms with Crippen molar-refractivity contribution in [2.75, 3.05) is 23.3 Å². The van der Waals surface area contributed by atoms with Crippen molar-refractivity contribution < 1.29 is 27.4 Å². The third-order valence-electron chi connectivity index (χ3n) is 5.18. The van der Waals surface area contributed by atoms with Gasteiger partial charge in [-0.2, -0.15) is 0 Å². The van der Waals surface area contributed by atoms with Crippen molar-refractivity contribution >= 4 is 50.5 Å². The summed E-state index contributed by atoms with van der Waals surface area (Å²) >= 11 is 12.4. The molecule has 1 amide bonds. The molecule has 4 rings (SSSR count). The van der Waals surface area contributed by atoms with Crippen molar-refractivity contribution in [2.24, 2.45) is 0 Å². The number of halogens is 2. The fourth-order valence-electron chi connectivity index (χ4n) is 3.40. The SMILES string of the molecule is CCOc1ccc(NS(=O)(=O)c2ccc(OCC(=O)Nc3cc(Cl)ccc3Oc3ccccc3)c(Cl)c2)cc1. The summed E-state index contributed by atoms with van der Waals surface area (Å²) in [7, 11) is -3.92. The zero-order valence-corrected chi connectivity index (χ0v) is 23.0. The van der Waals surface area contributed by atoms with Gasteiger partial charge < -0.3 is 19.5 Å². The first-order valence-electron chi connectivity index (χ1n) is 11.7. The van der Waals surface area contributed by atoms with Crippen molar-refractivity contribution in [2.45, 2.75) is 11.8 Å². The number of carbonyl (C=O) groups is 1. The maximum Gasteiger partial charge on any atom is 0.262 e. The van der Waals surface area contributed by atoms with E-state index in [9.17, 15) is 13.2 Å². The number of benzene rings is 4. The van der Waals surface area contributed by atoms with Crippen LogP contribution in [-0.4, -0.2) is 27.5 Å². The molecule has 39 heavy (non-hydrogen) atoms. The molecule has 0 atom stereocenters. The van der Waals surface area contributed by atoms with Gasteiger partial charge in [0, 0.05) is 10.7 Å². The van der Waals surface area contributed by atoms with Gasteiger partial charge >= 0.3 is 0 Å². The Kier molecular flexibility index (Phi) is 9.19. The normalized spacial score (nSPS) is 10.9. The molecular formula is C28H24Cl2N2O6S. The molecule has 0 fully saturated rings. The summed E-state index contributed by atoms with van der Waals surface area (Å²) in [5, 5.41) is 3.13. The van der Waals surface area contributed by atoms with Gasteiger partial charge in [-0.25, -0.2) is 8.42 Å². The Hall–Kier alpha value is -3.92. The minimum atomic E-state index is -3.92. The topological polar surface area (TPSA) is 103 Å². The number of hydrogen-bond donors (Lipinski definition) is 2. The van der Waals surface area contributed by atoms with Crippen molar-refractivity contribution in [1.29, 1.82) is 0 Å². The Balaban J connectivity index is 1.39. The van der Waals surface area contributed by atoms with Crippen LogP contribution in [-0.2, 0) is 14.8 Å². The van der Waals surface area contributed by atoms with E-state index < -0.39 is 22.5 Å².